The summed E-state index contributed by atoms with van der Waals surface area (Å²) < 4.78 is 46.7. The number of aryl methyl sites for hydroxylation is 1. The average molecular weight is 479 g/mol. The zero-order valence-corrected chi connectivity index (χ0v) is 18.6. The van der Waals surface area contributed by atoms with Crippen LogP contribution in [0.4, 0.5) is 18.9 Å². The van der Waals surface area contributed by atoms with Crippen molar-refractivity contribution < 1.29 is 22.7 Å². The molecule has 2 heterocycles. The molecule has 178 valence electrons. The number of hydrogen-bond donors (Lipinski definition) is 1. The zero-order valence-electron chi connectivity index (χ0n) is 18.6. The maximum absolute atomic E-state index is 13.2. The van der Waals surface area contributed by atoms with E-state index in [1.54, 1.807) is 42.7 Å². The van der Waals surface area contributed by atoms with Crippen molar-refractivity contribution in [2.75, 3.05) is 5.32 Å². The van der Waals surface area contributed by atoms with Crippen LogP contribution in [0.25, 0.3) is 5.69 Å². The highest BCUT2D eigenvalue weighted by Gasteiger charge is 2.34. The predicted octanol–water partition coefficient (Wildman–Crippen LogP) is 5.91. The van der Waals surface area contributed by atoms with Crippen LogP contribution in [0.1, 0.15) is 45.9 Å². The van der Waals surface area contributed by atoms with Crippen molar-refractivity contribution in [3.63, 3.8) is 0 Å². The maximum atomic E-state index is 13.2. The summed E-state index contributed by atoms with van der Waals surface area (Å²) >= 11 is 0. The van der Waals surface area contributed by atoms with Gasteiger partial charge in [-0.25, -0.2) is 14.6 Å². The average Bonchev–Trinajstić information content (AvgIpc) is 3.58. The first-order valence-electron chi connectivity index (χ1n) is 10.9. The number of hydrogen-bond acceptors (Lipinski definition) is 5. The number of rotatable bonds is 6. The SMILES string of the molecule is Cc1cc(Oc2ncccn2)ccc1NC(=O)c1cnn(-c2cccc(C(F)(F)F)c2)c1C1CC1. The first kappa shape index (κ1) is 22.6. The van der Waals surface area contributed by atoms with Crippen LogP contribution in [0.3, 0.4) is 0 Å². The summed E-state index contributed by atoms with van der Waals surface area (Å²) in [7, 11) is 0. The lowest BCUT2D eigenvalue weighted by atomic mass is 10.1. The third kappa shape index (κ3) is 4.86. The Morgan fingerprint density at radius 3 is 2.54 bits per heavy atom. The number of anilines is 1. The number of benzene rings is 2. The van der Waals surface area contributed by atoms with Crippen molar-refractivity contribution in [1.29, 1.82) is 0 Å². The van der Waals surface area contributed by atoms with E-state index < -0.39 is 11.7 Å². The van der Waals surface area contributed by atoms with E-state index in [1.165, 1.54) is 16.9 Å². The molecule has 10 heteroatoms. The predicted molar refractivity (Wildman–Crippen MR) is 122 cm³/mol. The minimum absolute atomic E-state index is 0.0653. The lowest BCUT2D eigenvalue weighted by Gasteiger charge is -2.13. The monoisotopic (exact) mass is 479 g/mol. The molecule has 0 radical (unpaired) electrons. The molecular formula is C25H20F3N5O2. The zero-order chi connectivity index (χ0) is 24.6. The van der Waals surface area contributed by atoms with E-state index in [-0.39, 0.29) is 23.5 Å². The molecule has 2 aromatic heterocycles. The molecule has 4 aromatic rings. The highest BCUT2D eigenvalue weighted by Crippen LogP contribution is 2.43. The number of alkyl halides is 3. The van der Waals surface area contributed by atoms with Gasteiger partial charge in [0.05, 0.1) is 28.7 Å². The summed E-state index contributed by atoms with van der Waals surface area (Å²) in [6.07, 6.45) is 1.77. The maximum Gasteiger partial charge on any atom is 0.416 e. The Hall–Kier alpha value is -4.21. The second kappa shape index (κ2) is 8.86. The van der Waals surface area contributed by atoms with Crippen molar-refractivity contribution in [3.05, 3.63) is 89.5 Å². The summed E-state index contributed by atoms with van der Waals surface area (Å²) in [5.41, 5.74) is 1.77. The molecule has 35 heavy (non-hydrogen) atoms. The van der Waals surface area contributed by atoms with Gasteiger partial charge in [-0.15, -0.1) is 0 Å². The van der Waals surface area contributed by atoms with Gasteiger partial charge in [-0.2, -0.15) is 18.3 Å². The van der Waals surface area contributed by atoms with Crippen LogP contribution in [0, 0.1) is 6.92 Å². The topological polar surface area (TPSA) is 81.9 Å². The van der Waals surface area contributed by atoms with E-state index >= 15 is 0 Å². The minimum atomic E-state index is -4.47. The van der Waals surface area contributed by atoms with Crippen LogP contribution in [0.5, 0.6) is 11.8 Å². The van der Waals surface area contributed by atoms with Gasteiger partial charge >= 0.3 is 12.2 Å². The van der Waals surface area contributed by atoms with Crippen LogP contribution < -0.4 is 10.1 Å². The summed E-state index contributed by atoms with van der Waals surface area (Å²) in [6.45, 7) is 1.82. The molecular weight excluding hydrogens is 459 g/mol. The van der Waals surface area contributed by atoms with Gasteiger partial charge in [0.15, 0.2) is 0 Å². The van der Waals surface area contributed by atoms with Crippen molar-refractivity contribution >= 4 is 11.6 Å². The third-order valence-electron chi connectivity index (χ3n) is 5.63. The quantitative estimate of drug-likeness (QED) is 0.372. The highest BCUT2D eigenvalue weighted by molar-refractivity contribution is 6.05. The molecule has 0 spiro atoms. The van der Waals surface area contributed by atoms with Gasteiger partial charge in [-0.05, 0) is 67.8 Å². The molecule has 0 atom stereocenters. The van der Waals surface area contributed by atoms with E-state index in [0.717, 1.165) is 30.5 Å². The smallest absolute Gasteiger partial charge is 0.416 e. The van der Waals surface area contributed by atoms with Crippen LogP contribution in [-0.4, -0.2) is 25.7 Å². The van der Waals surface area contributed by atoms with E-state index in [4.69, 9.17) is 4.74 Å². The number of nitrogens with one attached hydrogen (secondary N) is 1. The number of carbonyl (C=O) groups is 1. The van der Waals surface area contributed by atoms with Crippen LogP contribution in [0.2, 0.25) is 0 Å². The number of halogens is 3. The first-order valence-corrected chi connectivity index (χ1v) is 10.9. The van der Waals surface area contributed by atoms with Crippen LogP contribution >= 0.6 is 0 Å². The van der Waals surface area contributed by atoms with Gasteiger partial charge in [0.1, 0.15) is 5.75 Å². The molecule has 1 aliphatic carbocycles. The number of nitrogens with zero attached hydrogens (tertiary/aromatic N) is 4. The second-order valence-electron chi connectivity index (χ2n) is 8.24. The normalized spacial score (nSPS) is 13.5. The Morgan fingerprint density at radius 2 is 1.86 bits per heavy atom. The molecule has 0 aliphatic heterocycles. The fourth-order valence-electron chi connectivity index (χ4n) is 3.78. The van der Waals surface area contributed by atoms with Crippen molar-refractivity contribution in [1.82, 2.24) is 19.7 Å². The van der Waals surface area contributed by atoms with Crippen molar-refractivity contribution in [2.45, 2.75) is 31.9 Å². The molecule has 1 amide bonds. The van der Waals surface area contributed by atoms with Crippen LogP contribution in [-0.2, 0) is 6.18 Å². The number of carbonyl (C=O) groups excluding carboxylic acids is 1. The van der Waals surface area contributed by atoms with Gasteiger partial charge in [0.25, 0.3) is 5.91 Å². The number of amides is 1. The molecule has 0 bridgehead atoms. The Kier molecular flexibility index (Phi) is 5.72. The summed E-state index contributed by atoms with van der Waals surface area (Å²) in [5.74, 6) is 0.201. The fraction of sp³-hybridized carbons (Fsp3) is 0.200. The van der Waals surface area contributed by atoms with E-state index in [0.29, 0.717) is 22.7 Å². The van der Waals surface area contributed by atoms with Gasteiger partial charge in [0.2, 0.25) is 0 Å². The molecule has 1 aliphatic rings. The lowest BCUT2D eigenvalue weighted by Crippen LogP contribution is -2.15. The summed E-state index contributed by atoms with van der Waals surface area (Å²) in [4.78, 5) is 21.2. The molecule has 1 saturated carbocycles. The third-order valence-corrected chi connectivity index (χ3v) is 5.63. The van der Waals surface area contributed by atoms with Gasteiger partial charge in [0, 0.05) is 24.0 Å². The molecule has 1 N–H and O–H groups in total. The Balaban J connectivity index is 1.39. The number of aromatic nitrogens is 4. The molecule has 0 saturated heterocycles. The van der Waals surface area contributed by atoms with E-state index in [9.17, 15) is 18.0 Å². The second-order valence-corrected chi connectivity index (χ2v) is 8.24. The molecule has 1 fully saturated rings. The van der Waals surface area contributed by atoms with Crippen LogP contribution in [0.15, 0.2) is 67.1 Å². The lowest BCUT2D eigenvalue weighted by molar-refractivity contribution is -0.137. The van der Waals surface area contributed by atoms with E-state index in [1.807, 2.05) is 6.92 Å². The summed E-state index contributed by atoms with van der Waals surface area (Å²) in [6, 6.07) is 12.0. The molecule has 2 aromatic carbocycles. The van der Waals surface area contributed by atoms with E-state index in [2.05, 4.69) is 20.4 Å². The highest BCUT2D eigenvalue weighted by atomic mass is 19.4. The van der Waals surface area contributed by atoms with Gasteiger partial charge < -0.3 is 10.1 Å². The molecule has 5 rings (SSSR count). The summed E-state index contributed by atoms with van der Waals surface area (Å²) in [5, 5.41) is 7.15. The molecule has 0 unspecified atom stereocenters. The molecule has 7 nitrogen and oxygen atoms in total. The van der Waals surface area contributed by atoms with Crippen molar-refractivity contribution in [2.24, 2.45) is 0 Å². The van der Waals surface area contributed by atoms with Crippen molar-refractivity contribution in [3.8, 4) is 17.4 Å². The number of ether oxygens (including phenoxy) is 1. The Morgan fingerprint density at radius 1 is 1.09 bits per heavy atom. The minimum Gasteiger partial charge on any atom is -0.424 e. The van der Waals surface area contributed by atoms with Gasteiger partial charge in [-0.3, -0.25) is 4.79 Å². The Labute approximate surface area is 198 Å². The largest absolute Gasteiger partial charge is 0.424 e. The first-order chi connectivity index (χ1) is 16.8. The standard InChI is InChI=1S/C25H20F3N5O2/c1-15-12-19(35-24-29-10-3-11-30-24)8-9-21(15)32-23(34)20-14-31-33(22(20)16-6-7-16)18-5-2-4-17(13-18)25(26,27)28/h2-5,8-14,16H,6-7H2,1H3,(H,32,34). The fourth-order valence-corrected chi connectivity index (χ4v) is 3.78. The van der Waals surface area contributed by atoms with Gasteiger partial charge in [-0.1, -0.05) is 6.07 Å². The Bertz CT molecular complexity index is 1380.